The summed E-state index contributed by atoms with van der Waals surface area (Å²) in [5.74, 6) is 0.918. The summed E-state index contributed by atoms with van der Waals surface area (Å²) in [6, 6.07) is 5.16. The number of benzene rings is 1. The lowest BCUT2D eigenvalue weighted by atomic mass is 10.2. The molecule has 1 aromatic heterocycles. The predicted molar refractivity (Wildman–Crippen MR) is 108 cm³/mol. The molecule has 0 unspecified atom stereocenters. The highest BCUT2D eigenvalue weighted by Gasteiger charge is 2.18. The molecule has 0 aliphatic heterocycles. The van der Waals surface area contributed by atoms with Gasteiger partial charge in [-0.15, -0.1) is 11.3 Å². The van der Waals surface area contributed by atoms with E-state index < -0.39 is 0 Å². The number of carbonyl (C=O) groups excluding carboxylic acids is 2. The van der Waals surface area contributed by atoms with E-state index in [2.05, 4.69) is 20.9 Å². The van der Waals surface area contributed by atoms with Crippen LogP contribution in [0, 0.1) is 0 Å². The summed E-state index contributed by atoms with van der Waals surface area (Å²) in [6.07, 6.45) is 4.43. The monoisotopic (exact) mass is 404 g/mol. The molecule has 150 valence electrons. The van der Waals surface area contributed by atoms with E-state index in [1.165, 1.54) is 18.4 Å². The summed E-state index contributed by atoms with van der Waals surface area (Å²) >= 11 is 1.29. The van der Waals surface area contributed by atoms with E-state index in [0.29, 0.717) is 28.0 Å². The van der Waals surface area contributed by atoms with Crippen LogP contribution in [-0.4, -0.2) is 37.2 Å². The van der Waals surface area contributed by atoms with Gasteiger partial charge in [-0.2, -0.15) is 0 Å². The molecule has 3 N–H and O–H groups in total. The van der Waals surface area contributed by atoms with Crippen LogP contribution < -0.4 is 25.4 Å². The molecular weight excluding hydrogens is 380 g/mol. The van der Waals surface area contributed by atoms with Crippen molar-refractivity contribution in [3.8, 4) is 11.5 Å². The molecule has 1 aliphatic carbocycles. The summed E-state index contributed by atoms with van der Waals surface area (Å²) in [5.41, 5.74) is 1.11. The maximum absolute atomic E-state index is 12.4. The zero-order valence-electron chi connectivity index (χ0n) is 15.9. The van der Waals surface area contributed by atoms with Gasteiger partial charge in [-0.25, -0.2) is 9.78 Å². The van der Waals surface area contributed by atoms with Gasteiger partial charge < -0.3 is 20.1 Å². The van der Waals surface area contributed by atoms with Crippen molar-refractivity contribution in [1.29, 1.82) is 0 Å². The van der Waals surface area contributed by atoms with E-state index in [4.69, 9.17) is 9.47 Å². The van der Waals surface area contributed by atoms with Crippen LogP contribution in [0.1, 0.15) is 31.4 Å². The Morgan fingerprint density at radius 2 is 1.96 bits per heavy atom. The summed E-state index contributed by atoms with van der Waals surface area (Å²) in [6.45, 7) is 0. The van der Waals surface area contributed by atoms with Gasteiger partial charge in [-0.1, -0.05) is 12.8 Å². The molecule has 0 atom stereocenters. The van der Waals surface area contributed by atoms with Crippen molar-refractivity contribution < 1.29 is 19.1 Å². The summed E-state index contributed by atoms with van der Waals surface area (Å²) in [5, 5.41) is 10.7. The van der Waals surface area contributed by atoms with E-state index in [1.807, 2.05) is 0 Å². The quantitative estimate of drug-likeness (QED) is 0.656. The van der Waals surface area contributed by atoms with Gasteiger partial charge in [0, 0.05) is 17.5 Å². The zero-order chi connectivity index (χ0) is 19.9. The maximum atomic E-state index is 12.4. The Kier molecular flexibility index (Phi) is 6.70. The normalized spacial score (nSPS) is 13.8. The number of aromatic nitrogens is 1. The molecule has 2 aromatic rings. The van der Waals surface area contributed by atoms with Crippen molar-refractivity contribution in [3.05, 3.63) is 29.3 Å². The minimum absolute atomic E-state index is 0.0861. The van der Waals surface area contributed by atoms with Crippen LogP contribution in [-0.2, 0) is 11.2 Å². The highest BCUT2D eigenvalue weighted by Crippen LogP contribution is 2.29. The highest BCUT2D eigenvalue weighted by molar-refractivity contribution is 7.13. The number of amides is 3. The topological polar surface area (TPSA) is 102 Å². The predicted octanol–water partition coefficient (Wildman–Crippen LogP) is 3.41. The summed E-state index contributed by atoms with van der Waals surface area (Å²) in [7, 11) is 3.09. The van der Waals surface area contributed by atoms with Crippen molar-refractivity contribution in [2.75, 3.05) is 24.9 Å². The van der Waals surface area contributed by atoms with Crippen LogP contribution in [0.5, 0.6) is 11.5 Å². The van der Waals surface area contributed by atoms with Crippen molar-refractivity contribution in [1.82, 2.24) is 10.3 Å². The fourth-order valence-electron chi connectivity index (χ4n) is 3.10. The lowest BCUT2D eigenvalue weighted by Crippen LogP contribution is -2.36. The number of nitrogens with one attached hydrogen (secondary N) is 3. The van der Waals surface area contributed by atoms with E-state index in [9.17, 15) is 9.59 Å². The fraction of sp³-hybridized carbons (Fsp3) is 0.421. The van der Waals surface area contributed by atoms with Crippen LogP contribution in [0.25, 0.3) is 0 Å². The number of methoxy groups -OCH3 is 2. The molecule has 1 saturated carbocycles. The SMILES string of the molecule is COc1ccc(OC)c(NC(=O)Cc2csc(NC(=O)NC3CCCC3)n2)c1. The van der Waals surface area contributed by atoms with Gasteiger partial charge in [0.1, 0.15) is 11.5 Å². The van der Waals surface area contributed by atoms with Crippen LogP contribution >= 0.6 is 11.3 Å². The molecule has 28 heavy (non-hydrogen) atoms. The van der Waals surface area contributed by atoms with E-state index in [0.717, 1.165) is 25.7 Å². The molecule has 1 aliphatic rings. The minimum Gasteiger partial charge on any atom is -0.497 e. The molecule has 0 spiro atoms. The third-order valence-electron chi connectivity index (χ3n) is 4.49. The Bertz CT molecular complexity index is 833. The average molecular weight is 404 g/mol. The molecule has 3 rings (SSSR count). The first-order chi connectivity index (χ1) is 13.6. The first-order valence-corrected chi connectivity index (χ1v) is 9.99. The number of carbonyl (C=O) groups is 2. The number of ether oxygens (including phenoxy) is 2. The molecule has 8 nitrogen and oxygen atoms in total. The number of rotatable bonds is 7. The largest absolute Gasteiger partial charge is 0.497 e. The first kappa shape index (κ1) is 19.9. The third-order valence-corrected chi connectivity index (χ3v) is 5.29. The van der Waals surface area contributed by atoms with Gasteiger partial charge >= 0.3 is 6.03 Å². The first-order valence-electron chi connectivity index (χ1n) is 9.11. The third kappa shape index (κ3) is 5.35. The van der Waals surface area contributed by atoms with Gasteiger partial charge in [0.15, 0.2) is 5.13 Å². The number of hydrogen-bond donors (Lipinski definition) is 3. The maximum Gasteiger partial charge on any atom is 0.321 e. The van der Waals surface area contributed by atoms with Crippen molar-refractivity contribution in [2.24, 2.45) is 0 Å². The Hall–Kier alpha value is -2.81. The van der Waals surface area contributed by atoms with E-state index in [1.54, 1.807) is 30.7 Å². The second-order valence-corrected chi connectivity index (χ2v) is 7.37. The highest BCUT2D eigenvalue weighted by atomic mass is 32.1. The Morgan fingerprint density at radius 1 is 1.18 bits per heavy atom. The molecule has 3 amide bonds. The molecule has 0 radical (unpaired) electrons. The van der Waals surface area contributed by atoms with Crippen LogP contribution in [0.4, 0.5) is 15.6 Å². The van der Waals surface area contributed by atoms with Crippen LogP contribution in [0.2, 0.25) is 0 Å². The summed E-state index contributed by atoms with van der Waals surface area (Å²) in [4.78, 5) is 28.7. The number of anilines is 2. The fourth-order valence-corrected chi connectivity index (χ4v) is 3.81. The molecule has 9 heteroatoms. The van der Waals surface area contributed by atoms with Crippen molar-refractivity contribution >= 4 is 34.1 Å². The Morgan fingerprint density at radius 3 is 2.68 bits per heavy atom. The smallest absolute Gasteiger partial charge is 0.321 e. The van der Waals surface area contributed by atoms with E-state index >= 15 is 0 Å². The molecule has 1 heterocycles. The molecule has 1 aromatic carbocycles. The van der Waals surface area contributed by atoms with Crippen LogP contribution in [0.15, 0.2) is 23.6 Å². The van der Waals surface area contributed by atoms with Gasteiger partial charge in [0.25, 0.3) is 0 Å². The van der Waals surface area contributed by atoms with Gasteiger partial charge in [0.2, 0.25) is 5.91 Å². The standard InChI is InChI=1S/C19H24N4O4S/c1-26-14-7-8-16(27-2)15(10-14)22-17(24)9-13-11-28-19(21-13)23-18(25)20-12-5-3-4-6-12/h7-8,10-12H,3-6,9H2,1-2H3,(H,22,24)(H2,20,21,23,25). The second-order valence-electron chi connectivity index (χ2n) is 6.52. The number of nitrogens with zero attached hydrogens (tertiary/aromatic N) is 1. The number of hydrogen-bond acceptors (Lipinski definition) is 6. The zero-order valence-corrected chi connectivity index (χ0v) is 16.7. The molecule has 0 bridgehead atoms. The lowest BCUT2D eigenvalue weighted by molar-refractivity contribution is -0.115. The molecule has 0 saturated heterocycles. The average Bonchev–Trinajstić information content (AvgIpc) is 3.33. The van der Waals surface area contributed by atoms with Crippen LogP contribution in [0.3, 0.4) is 0 Å². The van der Waals surface area contributed by atoms with Gasteiger partial charge in [-0.3, -0.25) is 10.1 Å². The second kappa shape index (κ2) is 9.41. The molecular formula is C19H24N4O4S. The lowest BCUT2D eigenvalue weighted by Gasteiger charge is -2.11. The summed E-state index contributed by atoms with van der Waals surface area (Å²) < 4.78 is 10.4. The van der Waals surface area contributed by atoms with Crippen molar-refractivity contribution in [3.63, 3.8) is 0 Å². The van der Waals surface area contributed by atoms with Crippen molar-refractivity contribution in [2.45, 2.75) is 38.1 Å². The Labute approximate surface area is 167 Å². The number of thiazole rings is 1. The van der Waals surface area contributed by atoms with E-state index in [-0.39, 0.29) is 24.4 Å². The van der Waals surface area contributed by atoms with Gasteiger partial charge in [0.05, 0.1) is 32.0 Å². The number of urea groups is 1. The molecule has 1 fully saturated rings. The minimum atomic E-state index is -0.252. The Balaban J connectivity index is 1.54. The van der Waals surface area contributed by atoms with Gasteiger partial charge in [-0.05, 0) is 25.0 Å².